The van der Waals surface area contributed by atoms with Crippen molar-refractivity contribution < 1.29 is 32.2 Å². The lowest BCUT2D eigenvalue weighted by Gasteiger charge is -2.14. The van der Waals surface area contributed by atoms with Crippen molar-refractivity contribution in [3.63, 3.8) is 0 Å². The van der Waals surface area contributed by atoms with Gasteiger partial charge in [-0.3, -0.25) is 9.59 Å². The molecule has 0 unspecified atom stereocenters. The van der Waals surface area contributed by atoms with E-state index in [9.17, 15) is 22.8 Å². The minimum Gasteiger partial charge on any atom is -0.493 e. The van der Waals surface area contributed by atoms with Crippen LogP contribution < -0.4 is 20.1 Å². The van der Waals surface area contributed by atoms with E-state index >= 15 is 0 Å². The summed E-state index contributed by atoms with van der Waals surface area (Å²) in [4.78, 5) is 23.6. The molecule has 0 atom stereocenters. The fourth-order valence-electron chi connectivity index (χ4n) is 2.49. The summed E-state index contributed by atoms with van der Waals surface area (Å²) in [6.45, 7) is 1.03. The van der Waals surface area contributed by atoms with Crippen LogP contribution in [0.4, 0.5) is 24.5 Å². The zero-order chi connectivity index (χ0) is 23.0. The van der Waals surface area contributed by atoms with Gasteiger partial charge in [0.2, 0.25) is 11.8 Å². The van der Waals surface area contributed by atoms with E-state index in [1.54, 1.807) is 18.2 Å². The molecule has 0 aliphatic carbocycles. The Kier molecular flexibility index (Phi) is 7.63. The first-order valence-corrected chi connectivity index (χ1v) is 8.79. The van der Waals surface area contributed by atoms with Crippen molar-refractivity contribution in [2.75, 3.05) is 24.4 Å². The molecule has 0 aliphatic heterocycles. The van der Waals surface area contributed by atoms with Crippen LogP contribution in [0.25, 0.3) is 6.08 Å². The lowest BCUT2D eigenvalue weighted by atomic mass is 10.1. The van der Waals surface area contributed by atoms with E-state index in [-0.39, 0.29) is 18.0 Å². The van der Waals surface area contributed by atoms with Crippen molar-refractivity contribution in [2.45, 2.75) is 13.1 Å². The van der Waals surface area contributed by atoms with E-state index in [0.29, 0.717) is 17.1 Å². The first-order valence-electron chi connectivity index (χ1n) is 8.79. The van der Waals surface area contributed by atoms with E-state index < -0.39 is 23.6 Å². The number of nitrogens with zero attached hydrogens (tertiary/aromatic N) is 1. The van der Waals surface area contributed by atoms with Gasteiger partial charge in [0.15, 0.2) is 18.1 Å². The zero-order valence-electron chi connectivity index (χ0n) is 16.5. The van der Waals surface area contributed by atoms with Gasteiger partial charge in [0.05, 0.1) is 24.0 Å². The molecule has 2 aromatic rings. The Morgan fingerprint density at radius 1 is 1.10 bits per heavy atom. The first-order chi connectivity index (χ1) is 14.6. The Balaban J connectivity index is 2.22. The van der Waals surface area contributed by atoms with Gasteiger partial charge in [-0.2, -0.15) is 18.4 Å². The van der Waals surface area contributed by atoms with Gasteiger partial charge in [-0.05, 0) is 42.0 Å². The number of alkyl halides is 3. The maximum atomic E-state index is 13.0. The summed E-state index contributed by atoms with van der Waals surface area (Å²) in [6.07, 6.45) is -2.09. The number of carbonyl (C=O) groups is 2. The number of benzene rings is 2. The van der Waals surface area contributed by atoms with Gasteiger partial charge in [-0.15, -0.1) is 0 Å². The number of hydrogen-bond acceptors (Lipinski definition) is 5. The third-order valence-electron chi connectivity index (χ3n) is 3.82. The van der Waals surface area contributed by atoms with Crippen LogP contribution in [0.5, 0.6) is 11.5 Å². The highest BCUT2D eigenvalue weighted by atomic mass is 19.4. The highest BCUT2D eigenvalue weighted by Crippen LogP contribution is 2.34. The zero-order valence-corrected chi connectivity index (χ0v) is 16.5. The molecule has 162 valence electrons. The van der Waals surface area contributed by atoms with E-state index in [1.165, 1.54) is 20.1 Å². The second-order valence-electron chi connectivity index (χ2n) is 6.12. The molecule has 10 heteroatoms. The molecule has 0 saturated heterocycles. The molecule has 0 bridgehead atoms. The average Bonchev–Trinajstić information content (AvgIpc) is 2.71. The summed E-state index contributed by atoms with van der Waals surface area (Å²) in [5, 5.41) is 13.3. The molecule has 2 N–H and O–H groups in total. The van der Waals surface area contributed by atoms with Crippen LogP contribution in [0, 0.1) is 11.3 Å². The van der Waals surface area contributed by atoms with Crippen molar-refractivity contribution in [1.29, 1.82) is 5.26 Å². The quantitative estimate of drug-likeness (QED) is 0.637. The molecule has 2 aromatic carbocycles. The maximum Gasteiger partial charge on any atom is 0.416 e. The van der Waals surface area contributed by atoms with Gasteiger partial charge in [-0.1, -0.05) is 6.07 Å². The minimum absolute atomic E-state index is 0.0305. The average molecular weight is 433 g/mol. The third-order valence-corrected chi connectivity index (χ3v) is 3.82. The topological polar surface area (TPSA) is 100 Å². The molecule has 2 amide bonds. The molecule has 0 heterocycles. The molecule has 0 fully saturated rings. The van der Waals surface area contributed by atoms with Crippen LogP contribution in [0.15, 0.2) is 42.5 Å². The number of carbonyl (C=O) groups excluding carboxylic acids is 2. The van der Waals surface area contributed by atoms with E-state index in [1.807, 2.05) is 6.07 Å². The lowest BCUT2D eigenvalue weighted by Crippen LogP contribution is -2.15. The Bertz CT molecular complexity index is 1040. The third kappa shape index (κ3) is 6.78. The van der Waals surface area contributed by atoms with Crippen molar-refractivity contribution in [2.24, 2.45) is 0 Å². The fourth-order valence-corrected chi connectivity index (χ4v) is 2.49. The van der Waals surface area contributed by atoms with E-state index in [4.69, 9.17) is 14.7 Å². The van der Waals surface area contributed by atoms with Crippen LogP contribution >= 0.6 is 0 Å². The van der Waals surface area contributed by atoms with Crippen LogP contribution in [-0.2, 0) is 15.8 Å². The largest absolute Gasteiger partial charge is 0.493 e. The fraction of sp³-hybridized carbons (Fsp3) is 0.190. The Morgan fingerprint density at radius 3 is 2.45 bits per heavy atom. The summed E-state index contributed by atoms with van der Waals surface area (Å²) >= 11 is 0. The maximum absolute atomic E-state index is 13.0. The summed E-state index contributed by atoms with van der Waals surface area (Å²) in [5.74, 6) is -0.538. The van der Waals surface area contributed by atoms with Gasteiger partial charge in [0.25, 0.3) is 0 Å². The molecule has 31 heavy (non-hydrogen) atoms. The molecule has 0 aromatic heterocycles. The molecule has 2 rings (SSSR count). The number of nitriles is 1. The number of rotatable bonds is 7. The summed E-state index contributed by atoms with van der Waals surface area (Å²) in [6, 6.07) is 9.15. The number of halogens is 3. The van der Waals surface area contributed by atoms with Crippen molar-refractivity contribution in [1.82, 2.24) is 0 Å². The van der Waals surface area contributed by atoms with Gasteiger partial charge >= 0.3 is 6.18 Å². The summed E-state index contributed by atoms with van der Waals surface area (Å²) in [7, 11) is 1.41. The molecule has 0 radical (unpaired) electrons. The van der Waals surface area contributed by atoms with Gasteiger partial charge < -0.3 is 20.1 Å². The number of hydrogen-bond donors (Lipinski definition) is 2. The van der Waals surface area contributed by atoms with Crippen molar-refractivity contribution in [3.8, 4) is 17.6 Å². The molecular formula is C21H18F3N3O4. The normalized spacial score (nSPS) is 11.0. The highest BCUT2D eigenvalue weighted by Gasteiger charge is 2.31. The molecule has 0 spiro atoms. The van der Waals surface area contributed by atoms with Crippen LogP contribution in [0.1, 0.15) is 18.1 Å². The minimum atomic E-state index is -4.62. The lowest BCUT2D eigenvalue weighted by molar-refractivity contribution is -0.137. The summed E-state index contributed by atoms with van der Waals surface area (Å²) < 4.78 is 49.4. The van der Waals surface area contributed by atoms with Gasteiger partial charge in [0, 0.05) is 13.0 Å². The predicted octanol–water partition coefficient (Wildman–Crippen LogP) is 4.23. The van der Waals surface area contributed by atoms with E-state index in [0.717, 1.165) is 24.3 Å². The molecule has 7 nitrogen and oxygen atoms in total. The number of anilines is 2. The summed E-state index contributed by atoms with van der Waals surface area (Å²) in [5.41, 5.74) is -0.596. The van der Waals surface area contributed by atoms with Crippen molar-refractivity contribution >= 4 is 29.3 Å². The van der Waals surface area contributed by atoms with Gasteiger partial charge in [0.1, 0.15) is 6.07 Å². The molecular weight excluding hydrogens is 415 g/mol. The SMILES string of the molecule is COc1cc(/C=C/C(=O)Nc2cc(C(F)(F)F)ccc2NC(C)=O)ccc1OCC#N. The van der Waals surface area contributed by atoms with Crippen molar-refractivity contribution in [3.05, 3.63) is 53.6 Å². The second-order valence-corrected chi connectivity index (χ2v) is 6.12. The standard InChI is InChI=1S/C21H18F3N3O4/c1-13(28)26-16-6-5-15(21(22,23)24)12-17(16)27-20(29)8-4-14-3-7-18(31-10-9-25)19(11-14)30-2/h3-8,11-12H,10H2,1-2H3,(H,26,28)(H,27,29)/b8-4+. The van der Waals surface area contributed by atoms with Crippen LogP contribution in [-0.4, -0.2) is 25.5 Å². The van der Waals surface area contributed by atoms with Crippen LogP contribution in [0.2, 0.25) is 0 Å². The second kappa shape index (κ2) is 10.2. The predicted molar refractivity (Wildman–Crippen MR) is 108 cm³/mol. The molecule has 0 aliphatic rings. The molecule has 0 saturated carbocycles. The van der Waals surface area contributed by atoms with Crippen LogP contribution in [0.3, 0.4) is 0 Å². The number of methoxy groups -OCH3 is 1. The number of amides is 2. The Hall–Kier alpha value is -4.00. The number of nitrogens with one attached hydrogen (secondary N) is 2. The smallest absolute Gasteiger partial charge is 0.416 e. The van der Waals surface area contributed by atoms with E-state index in [2.05, 4.69) is 10.6 Å². The number of ether oxygens (including phenoxy) is 2. The highest BCUT2D eigenvalue weighted by molar-refractivity contribution is 6.05. The van der Waals surface area contributed by atoms with Gasteiger partial charge in [-0.25, -0.2) is 0 Å². The first kappa shape index (κ1) is 23.3. The Morgan fingerprint density at radius 2 is 1.84 bits per heavy atom. The Labute approximate surface area is 176 Å². The monoisotopic (exact) mass is 433 g/mol.